The topological polar surface area (TPSA) is 55.5 Å². The lowest BCUT2D eigenvalue weighted by atomic mass is 9.48. The summed E-state index contributed by atoms with van der Waals surface area (Å²) in [7, 11) is 0. The Morgan fingerprint density at radius 3 is 2.00 bits per heavy atom. The fourth-order valence-corrected chi connectivity index (χ4v) is 4.85. The molecule has 15 heavy (non-hydrogen) atoms. The summed E-state index contributed by atoms with van der Waals surface area (Å²) in [5.41, 5.74) is 0.161. The third kappa shape index (κ3) is 1.52. The van der Waals surface area contributed by atoms with E-state index in [1.54, 1.807) is 0 Å². The Balaban J connectivity index is 1.80. The minimum Gasteiger partial charge on any atom is -0.390 e. The van der Waals surface area contributed by atoms with Crippen molar-refractivity contribution in [3.8, 4) is 0 Å². The maximum atomic E-state index is 10.2. The van der Waals surface area contributed by atoms with Crippen LogP contribution in [0.5, 0.6) is 0 Å². The zero-order chi connectivity index (χ0) is 10.5. The van der Waals surface area contributed by atoms with E-state index in [4.69, 9.17) is 5.90 Å². The van der Waals surface area contributed by atoms with Gasteiger partial charge in [0, 0.05) is 0 Å². The molecule has 4 aliphatic carbocycles. The van der Waals surface area contributed by atoms with E-state index in [1.165, 1.54) is 38.5 Å². The quantitative estimate of drug-likeness (QED) is 0.695. The van der Waals surface area contributed by atoms with Gasteiger partial charge in [-0.3, -0.25) is 0 Å². The summed E-state index contributed by atoms with van der Waals surface area (Å²) in [6.45, 7) is 0.312. The van der Waals surface area contributed by atoms with Crippen molar-refractivity contribution in [3.63, 3.8) is 0 Å². The molecule has 0 amide bonds. The van der Waals surface area contributed by atoms with Gasteiger partial charge in [0.25, 0.3) is 0 Å². The Bertz CT molecular complexity index is 219. The van der Waals surface area contributed by atoms with Gasteiger partial charge in [0.2, 0.25) is 0 Å². The Kier molecular flexibility index (Phi) is 2.31. The highest BCUT2D eigenvalue weighted by Gasteiger charge is 2.53. The number of nitrogens with two attached hydrogens (primary N) is 1. The molecule has 3 nitrogen and oxygen atoms in total. The van der Waals surface area contributed by atoms with E-state index in [0.717, 1.165) is 17.8 Å². The molecule has 0 aromatic heterocycles. The van der Waals surface area contributed by atoms with E-state index in [9.17, 15) is 5.11 Å². The van der Waals surface area contributed by atoms with E-state index in [0.29, 0.717) is 6.61 Å². The van der Waals surface area contributed by atoms with E-state index in [1.807, 2.05) is 0 Å². The first kappa shape index (κ1) is 10.1. The van der Waals surface area contributed by atoms with Gasteiger partial charge in [-0.15, -0.1) is 0 Å². The maximum Gasteiger partial charge on any atom is 0.0944 e. The van der Waals surface area contributed by atoms with Crippen LogP contribution in [0, 0.1) is 23.2 Å². The first-order valence-corrected chi connectivity index (χ1v) is 6.21. The average Bonchev–Trinajstić information content (AvgIpc) is 2.15. The summed E-state index contributed by atoms with van der Waals surface area (Å²) >= 11 is 0. The number of aliphatic hydroxyl groups is 1. The third-order valence-electron chi connectivity index (χ3n) is 5.05. The lowest BCUT2D eigenvalue weighted by Gasteiger charge is -2.58. The van der Waals surface area contributed by atoms with Crippen molar-refractivity contribution < 1.29 is 9.94 Å². The molecule has 3 heteroatoms. The second kappa shape index (κ2) is 3.44. The molecule has 86 valence electrons. The molecular formula is C12H21NO2. The fourth-order valence-electron chi connectivity index (χ4n) is 4.85. The zero-order valence-corrected chi connectivity index (χ0v) is 9.19. The Morgan fingerprint density at radius 2 is 1.60 bits per heavy atom. The monoisotopic (exact) mass is 211 g/mol. The van der Waals surface area contributed by atoms with Gasteiger partial charge in [-0.2, -0.15) is 0 Å². The molecule has 0 aromatic carbocycles. The first-order chi connectivity index (χ1) is 7.22. The normalized spacial score (nSPS) is 49.6. The van der Waals surface area contributed by atoms with E-state index >= 15 is 0 Å². The molecule has 0 aromatic rings. The molecule has 1 unspecified atom stereocenters. The van der Waals surface area contributed by atoms with Crippen LogP contribution in [0.3, 0.4) is 0 Å². The molecule has 0 heterocycles. The predicted molar refractivity (Wildman–Crippen MR) is 56.8 cm³/mol. The van der Waals surface area contributed by atoms with Crippen molar-refractivity contribution in [1.82, 2.24) is 0 Å². The van der Waals surface area contributed by atoms with Crippen LogP contribution in [0.1, 0.15) is 38.5 Å². The van der Waals surface area contributed by atoms with Crippen LogP contribution in [0.2, 0.25) is 0 Å². The van der Waals surface area contributed by atoms with Gasteiger partial charge in [-0.25, -0.2) is 5.90 Å². The highest BCUT2D eigenvalue weighted by molar-refractivity contribution is 5.04. The van der Waals surface area contributed by atoms with Crippen LogP contribution in [0.15, 0.2) is 0 Å². The van der Waals surface area contributed by atoms with Gasteiger partial charge < -0.3 is 9.94 Å². The highest BCUT2D eigenvalue weighted by atomic mass is 16.6. The van der Waals surface area contributed by atoms with Crippen LogP contribution in [0.4, 0.5) is 0 Å². The van der Waals surface area contributed by atoms with Gasteiger partial charge in [0.05, 0.1) is 12.7 Å². The van der Waals surface area contributed by atoms with Gasteiger partial charge in [-0.05, 0) is 61.7 Å². The number of hydrogen-bond donors (Lipinski definition) is 2. The standard InChI is InChI=1S/C12H21NO2/c13-15-7-11(14)12-4-8-1-9(5-12)3-10(2-8)6-12/h8-11,14H,1-7,13H2. The van der Waals surface area contributed by atoms with E-state index in [-0.39, 0.29) is 11.5 Å². The highest BCUT2D eigenvalue weighted by Crippen LogP contribution is 2.61. The van der Waals surface area contributed by atoms with Crippen molar-refractivity contribution >= 4 is 0 Å². The van der Waals surface area contributed by atoms with Gasteiger partial charge in [-0.1, -0.05) is 0 Å². The lowest BCUT2D eigenvalue weighted by Crippen LogP contribution is -2.53. The predicted octanol–water partition coefficient (Wildman–Crippen LogP) is 1.45. The summed E-state index contributed by atoms with van der Waals surface area (Å²) < 4.78 is 0. The average molecular weight is 211 g/mol. The van der Waals surface area contributed by atoms with Crippen molar-refractivity contribution in [1.29, 1.82) is 0 Å². The molecule has 4 aliphatic rings. The Labute approximate surface area is 90.9 Å². The molecular weight excluding hydrogens is 190 g/mol. The molecule has 0 aliphatic heterocycles. The van der Waals surface area contributed by atoms with Crippen molar-refractivity contribution in [2.75, 3.05) is 6.61 Å². The molecule has 0 saturated heterocycles. The second-order valence-electron chi connectivity index (χ2n) is 6.13. The largest absolute Gasteiger partial charge is 0.390 e. The van der Waals surface area contributed by atoms with Crippen molar-refractivity contribution in [2.24, 2.45) is 29.1 Å². The van der Waals surface area contributed by atoms with Crippen LogP contribution in [-0.4, -0.2) is 17.8 Å². The summed E-state index contributed by atoms with van der Waals surface area (Å²) in [6, 6.07) is 0. The zero-order valence-electron chi connectivity index (χ0n) is 9.19. The lowest BCUT2D eigenvalue weighted by molar-refractivity contribution is -0.140. The molecule has 4 rings (SSSR count). The Morgan fingerprint density at radius 1 is 1.13 bits per heavy atom. The van der Waals surface area contributed by atoms with Crippen LogP contribution in [0.25, 0.3) is 0 Å². The van der Waals surface area contributed by atoms with Crippen molar-refractivity contribution in [2.45, 2.75) is 44.6 Å². The summed E-state index contributed by atoms with van der Waals surface area (Å²) in [6.07, 6.45) is 7.53. The molecule has 0 radical (unpaired) electrons. The number of hydrogen-bond acceptors (Lipinski definition) is 3. The maximum absolute atomic E-state index is 10.2. The molecule has 4 fully saturated rings. The summed E-state index contributed by atoms with van der Waals surface area (Å²) in [4.78, 5) is 4.64. The fraction of sp³-hybridized carbons (Fsp3) is 1.00. The molecule has 4 saturated carbocycles. The van der Waals surface area contributed by atoms with Crippen LogP contribution < -0.4 is 5.90 Å². The van der Waals surface area contributed by atoms with Gasteiger partial charge in [0.1, 0.15) is 0 Å². The second-order valence-corrected chi connectivity index (χ2v) is 6.13. The first-order valence-electron chi connectivity index (χ1n) is 6.21. The van der Waals surface area contributed by atoms with Crippen LogP contribution in [-0.2, 0) is 4.84 Å². The summed E-state index contributed by atoms with van der Waals surface area (Å²) in [5.74, 6) is 7.72. The van der Waals surface area contributed by atoms with Crippen LogP contribution >= 0.6 is 0 Å². The molecule has 3 N–H and O–H groups in total. The SMILES string of the molecule is NOCC(O)C12CC3CC(CC(C3)C1)C2. The van der Waals surface area contributed by atoms with E-state index < -0.39 is 0 Å². The van der Waals surface area contributed by atoms with E-state index in [2.05, 4.69) is 4.84 Å². The van der Waals surface area contributed by atoms with Gasteiger partial charge in [0.15, 0.2) is 0 Å². The number of aliphatic hydroxyl groups excluding tert-OH is 1. The minimum absolute atomic E-state index is 0.161. The minimum atomic E-state index is -0.337. The number of rotatable bonds is 3. The van der Waals surface area contributed by atoms with Crippen molar-refractivity contribution in [3.05, 3.63) is 0 Å². The molecule has 1 atom stereocenters. The Hall–Kier alpha value is -0.120. The molecule has 0 spiro atoms. The van der Waals surface area contributed by atoms with Gasteiger partial charge >= 0.3 is 0 Å². The smallest absolute Gasteiger partial charge is 0.0944 e. The molecule has 4 bridgehead atoms. The summed E-state index contributed by atoms with van der Waals surface area (Å²) in [5, 5.41) is 10.2. The third-order valence-corrected chi connectivity index (χ3v) is 5.05.